The van der Waals surface area contributed by atoms with Gasteiger partial charge in [0.2, 0.25) is 0 Å². The molecule has 0 spiro atoms. The Bertz CT molecular complexity index is 124. The van der Waals surface area contributed by atoms with Crippen LogP contribution < -0.4 is 11.2 Å². The van der Waals surface area contributed by atoms with Crippen LogP contribution in [-0.4, -0.2) is 16.7 Å². The first-order valence-corrected chi connectivity index (χ1v) is 2.42. The van der Waals surface area contributed by atoms with Crippen LogP contribution in [0.5, 0.6) is 0 Å². The first kappa shape index (κ1) is 8.68. The monoisotopic (exact) mass is 152 g/mol. The van der Waals surface area contributed by atoms with Crippen LogP contribution in [0.25, 0.3) is 0 Å². The maximum absolute atomic E-state index is 10.4. The van der Waals surface area contributed by atoms with Crippen molar-refractivity contribution in [3.63, 3.8) is 0 Å². The molecule has 9 heavy (non-hydrogen) atoms. The average Bonchev–Trinajstić information content (AvgIpc) is 2.47. The number of halogens is 1. The Morgan fingerprint density at radius 2 is 2.11 bits per heavy atom. The van der Waals surface area contributed by atoms with Gasteiger partial charge in [-0.1, -0.05) is 0 Å². The molecule has 1 fully saturated rings. The molecule has 0 saturated heterocycles. The molecule has 1 aliphatic carbocycles. The molecule has 4 N–H and O–H groups in total. The summed E-state index contributed by atoms with van der Waals surface area (Å²) in [6.45, 7) is 0. The predicted molar refractivity (Wildman–Crippen MR) is 33.3 cm³/mol. The largest absolute Gasteiger partial charge is 0.317 e. The van der Waals surface area contributed by atoms with E-state index in [0.717, 1.165) is 0 Å². The zero-order valence-corrected chi connectivity index (χ0v) is 5.57. The number of carbonyl (C=O) groups is 1. The zero-order valence-electron chi connectivity index (χ0n) is 4.76. The maximum atomic E-state index is 10.4. The number of nitrogens with one attached hydrogen (secondary N) is 1. The van der Waals surface area contributed by atoms with E-state index < -0.39 is 11.4 Å². The quantitative estimate of drug-likeness (QED) is 0.347. The highest BCUT2D eigenvalue weighted by atomic mass is 35.5. The van der Waals surface area contributed by atoms with Gasteiger partial charge in [0, 0.05) is 0 Å². The molecular formula is C4H9ClN2O2. The molecular weight excluding hydrogens is 144 g/mol. The SMILES string of the molecule is Cl.NC1(C(=O)NO)CC1. The van der Waals surface area contributed by atoms with Crippen LogP contribution in [0, 0.1) is 0 Å². The van der Waals surface area contributed by atoms with Crippen molar-refractivity contribution >= 4 is 18.3 Å². The highest BCUT2D eigenvalue weighted by molar-refractivity contribution is 5.87. The molecule has 1 aliphatic rings. The molecule has 1 amide bonds. The van der Waals surface area contributed by atoms with Gasteiger partial charge < -0.3 is 5.73 Å². The van der Waals surface area contributed by atoms with Crippen molar-refractivity contribution in [2.75, 3.05) is 0 Å². The van der Waals surface area contributed by atoms with E-state index in [1.165, 1.54) is 5.48 Å². The van der Waals surface area contributed by atoms with E-state index in [1.54, 1.807) is 0 Å². The molecule has 0 aliphatic heterocycles. The van der Waals surface area contributed by atoms with Crippen LogP contribution >= 0.6 is 12.4 Å². The van der Waals surface area contributed by atoms with Gasteiger partial charge in [0.1, 0.15) is 0 Å². The number of carbonyl (C=O) groups excluding carboxylic acids is 1. The molecule has 0 heterocycles. The average molecular weight is 153 g/mol. The minimum Gasteiger partial charge on any atom is -0.317 e. The molecule has 0 aromatic heterocycles. The third-order valence-electron chi connectivity index (χ3n) is 1.34. The topological polar surface area (TPSA) is 75.4 Å². The van der Waals surface area contributed by atoms with Crippen LogP contribution in [0.4, 0.5) is 0 Å². The van der Waals surface area contributed by atoms with Crippen molar-refractivity contribution in [1.82, 2.24) is 5.48 Å². The molecule has 0 aromatic rings. The zero-order chi connectivity index (χ0) is 6.20. The van der Waals surface area contributed by atoms with E-state index in [1.807, 2.05) is 0 Å². The van der Waals surface area contributed by atoms with Gasteiger partial charge in [-0.15, -0.1) is 12.4 Å². The Balaban J connectivity index is 0.000000640. The Hall–Kier alpha value is -0.320. The number of hydrogen-bond acceptors (Lipinski definition) is 3. The minimum absolute atomic E-state index is 0. The van der Waals surface area contributed by atoms with Gasteiger partial charge >= 0.3 is 0 Å². The smallest absolute Gasteiger partial charge is 0.263 e. The summed E-state index contributed by atoms with van der Waals surface area (Å²) in [6, 6.07) is 0. The Kier molecular flexibility index (Phi) is 2.42. The molecule has 0 bridgehead atoms. The molecule has 4 nitrogen and oxygen atoms in total. The highest BCUT2D eigenvalue weighted by Gasteiger charge is 2.45. The van der Waals surface area contributed by atoms with E-state index >= 15 is 0 Å². The summed E-state index contributed by atoms with van der Waals surface area (Å²) < 4.78 is 0. The van der Waals surface area contributed by atoms with Crippen LogP contribution in [-0.2, 0) is 4.79 Å². The van der Waals surface area contributed by atoms with Crippen LogP contribution in [0.1, 0.15) is 12.8 Å². The number of hydrogen-bond donors (Lipinski definition) is 3. The van der Waals surface area contributed by atoms with Crippen molar-refractivity contribution in [3.05, 3.63) is 0 Å². The molecule has 0 radical (unpaired) electrons. The van der Waals surface area contributed by atoms with Crippen LogP contribution in [0.3, 0.4) is 0 Å². The summed E-state index contributed by atoms with van der Waals surface area (Å²) in [4.78, 5) is 10.4. The van der Waals surface area contributed by atoms with Crippen molar-refractivity contribution < 1.29 is 10.0 Å². The van der Waals surface area contributed by atoms with Gasteiger partial charge in [-0.3, -0.25) is 10.0 Å². The molecule has 1 rings (SSSR count). The number of rotatable bonds is 1. The Morgan fingerprint density at radius 1 is 1.67 bits per heavy atom. The minimum atomic E-state index is -0.741. The number of nitrogens with two attached hydrogens (primary N) is 1. The summed E-state index contributed by atoms with van der Waals surface area (Å²) >= 11 is 0. The second-order valence-corrected chi connectivity index (χ2v) is 2.10. The van der Waals surface area contributed by atoms with Gasteiger partial charge in [-0.05, 0) is 12.8 Å². The van der Waals surface area contributed by atoms with Gasteiger partial charge in [0.15, 0.2) is 0 Å². The van der Waals surface area contributed by atoms with Crippen molar-refractivity contribution in [2.45, 2.75) is 18.4 Å². The highest BCUT2D eigenvalue weighted by Crippen LogP contribution is 2.31. The summed E-state index contributed by atoms with van der Waals surface area (Å²) in [5.41, 5.74) is 6.09. The summed E-state index contributed by atoms with van der Waals surface area (Å²) in [7, 11) is 0. The first-order valence-electron chi connectivity index (χ1n) is 2.42. The van der Waals surface area contributed by atoms with Gasteiger partial charge in [0.05, 0.1) is 5.54 Å². The van der Waals surface area contributed by atoms with Crippen molar-refractivity contribution in [3.8, 4) is 0 Å². The summed E-state index contributed by atoms with van der Waals surface area (Å²) in [5, 5.41) is 8.03. The molecule has 5 heteroatoms. The number of hydroxylamine groups is 1. The van der Waals surface area contributed by atoms with E-state index in [-0.39, 0.29) is 12.4 Å². The third-order valence-corrected chi connectivity index (χ3v) is 1.34. The fourth-order valence-electron chi connectivity index (χ4n) is 0.473. The molecule has 0 atom stereocenters. The van der Waals surface area contributed by atoms with E-state index in [0.29, 0.717) is 12.8 Å². The molecule has 1 saturated carbocycles. The van der Waals surface area contributed by atoms with Gasteiger partial charge in [0.25, 0.3) is 5.91 Å². The lowest BCUT2D eigenvalue weighted by Gasteiger charge is -2.02. The fourth-order valence-corrected chi connectivity index (χ4v) is 0.473. The van der Waals surface area contributed by atoms with E-state index in [2.05, 4.69) is 0 Å². The van der Waals surface area contributed by atoms with E-state index in [4.69, 9.17) is 10.9 Å². The standard InChI is InChI=1S/C4H8N2O2.ClH/c5-4(1-2-4)3(7)6-8;/h8H,1-2,5H2,(H,6,7);1H. The van der Waals surface area contributed by atoms with E-state index in [9.17, 15) is 4.79 Å². The lowest BCUT2D eigenvalue weighted by Crippen LogP contribution is -2.41. The normalized spacial score (nSPS) is 19.8. The van der Waals surface area contributed by atoms with Crippen LogP contribution in [0.2, 0.25) is 0 Å². The number of amides is 1. The Morgan fingerprint density at radius 3 is 2.22 bits per heavy atom. The fraction of sp³-hybridized carbons (Fsp3) is 0.750. The van der Waals surface area contributed by atoms with Crippen molar-refractivity contribution in [2.24, 2.45) is 5.73 Å². The summed E-state index contributed by atoms with van der Waals surface area (Å²) in [6.07, 6.45) is 1.36. The van der Waals surface area contributed by atoms with Crippen LogP contribution in [0.15, 0.2) is 0 Å². The second-order valence-electron chi connectivity index (χ2n) is 2.10. The second kappa shape index (κ2) is 2.51. The first-order chi connectivity index (χ1) is 3.69. The Labute approximate surface area is 58.8 Å². The molecule has 54 valence electrons. The lowest BCUT2D eigenvalue weighted by atomic mass is 10.3. The lowest BCUT2D eigenvalue weighted by molar-refractivity contribution is -0.131. The molecule has 0 unspecified atom stereocenters. The molecule has 0 aromatic carbocycles. The van der Waals surface area contributed by atoms with Gasteiger partial charge in [-0.25, -0.2) is 5.48 Å². The maximum Gasteiger partial charge on any atom is 0.263 e. The van der Waals surface area contributed by atoms with Gasteiger partial charge in [-0.2, -0.15) is 0 Å². The third kappa shape index (κ3) is 1.54. The summed E-state index contributed by atoms with van der Waals surface area (Å²) in [5.74, 6) is -0.475. The predicted octanol–water partition coefficient (Wildman–Crippen LogP) is -0.595. The van der Waals surface area contributed by atoms with Crippen molar-refractivity contribution in [1.29, 1.82) is 0 Å².